The van der Waals surface area contributed by atoms with Crippen molar-refractivity contribution in [1.82, 2.24) is 10.2 Å². The van der Waals surface area contributed by atoms with Gasteiger partial charge in [-0.15, -0.1) is 0 Å². The monoisotopic (exact) mass is 228 g/mol. The van der Waals surface area contributed by atoms with E-state index in [-0.39, 0.29) is 11.9 Å². The summed E-state index contributed by atoms with van der Waals surface area (Å²) >= 11 is 0. The van der Waals surface area contributed by atoms with E-state index in [4.69, 9.17) is 0 Å². The number of aliphatic hydroxyl groups is 1. The number of hydrogen-bond acceptors (Lipinski definition) is 3. The average molecular weight is 228 g/mol. The van der Waals surface area contributed by atoms with Gasteiger partial charge in [-0.05, 0) is 33.6 Å². The van der Waals surface area contributed by atoms with Crippen LogP contribution in [0.1, 0.15) is 40.5 Å². The first-order valence-electron chi connectivity index (χ1n) is 5.56. The predicted octanol–water partition coefficient (Wildman–Crippen LogP) is 0.868. The molecule has 1 fully saturated rings. The van der Waals surface area contributed by atoms with Crippen LogP contribution in [0.2, 0.25) is 0 Å². The molecule has 2 N–H and O–H groups in total. The smallest absolute Gasteiger partial charge is 0.325 e. The third-order valence-electron chi connectivity index (χ3n) is 3.19. The second kappa shape index (κ2) is 4.05. The molecule has 1 heterocycles. The van der Waals surface area contributed by atoms with Crippen molar-refractivity contribution in [1.29, 1.82) is 0 Å². The summed E-state index contributed by atoms with van der Waals surface area (Å²) in [7, 11) is 0. The lowest BCUT2D eigenvalue weighted by atomic mass is 9.96. The molecule has 1 atom stereocenters. The van der Waals surface area contributed by atoms with Gasteiger partial charge in [0.1, 0.15) is 5.54 Å². The van der Waals surface area contributed by atoms with Crippen molar-refractivity contribution in [3.8, 4) is 0 Å². The summed E-state index contributed by atoms with van der Waals surface area (Å²) in [5.41, 5.74) is -1.61. The molecular weight excluding hydrogens is 208 g/mol. The first-order valence-corrected chi connectivity index (χ1v) is 5.56. The van der Waals surface area contributed by atoms with E-state index >= 15 is 0 Å². The Kier molecular flexibility index (Phi) is 3.28. The van der Waals surface area contributed by atoms with Crippen molar-refractivity contribution in [2.24, 2.45) is 0 Å². The summed E-state index contributed by atoms with van der Waals surface area (Å²) in [5.74, 6) is -0.254. The number of carbonyl (C=O) groups is 2. The van der Waals surface area contributed by atoms with Crippen molar-refractivity contribution in [3.63, 3.8) is 0 Å². The molecule has 1 aliphatic heterocycles. The van der Waals surface area contributed by atoms with E-state index in [2.05, 4.69) is 5.32 Å². The minimum Gasteiger partial charge on any atom is -0.390 e. The Labute approximate surface area is 95.8 Å². The van der Waals surface area contributed by atoms with Gasteiger partial charge in [-0.3, -0.25) is 10.1 Å². The van der Waals surface area contributed by atoms with Gasteiger partial charge in [-0.2, -0.15) is 0 Å². The lowest BCUT2D eigenvalue weighted by molar-refractivity contribution is -0.126. The molecule has 0 aromatic heterocycles. The normalized spacial score (nSPS) is 26.2. The first-order chi connectivity index (χ1) is 7.20. The van der Waals surface area contributed by atoms with Crippen molar-refractivity contribution in [3.05, 3.63) is 0 Å². The summed E-state index contributed by atoms with van der Waals surface area (Å²) in [4.78, 5) is 24.7. The molecule has 0 aromatic carbocycles. The maximum absolute atomic E-state index is 11.6. The zero-order valence-corrected chi connectivity index (χ0v) is 10.3. The van der Waals surface area contributed by atoms with E-state index in [1.165, 1.54) is 4.90 Å². The fourth-order valence-electron chi connectivity index (χ4n) is 1.73. The molecule has 1 unspecified atom stereocenters. The van der Waals surface area contributed by atoms with Gasteiger partial charge in [0.25, 0.3) is 5.91 Å². The van der Waals surface area contributed by atoms with E-state index in [1.54, 1.807) is 20.8 Å². The van der Waals surface area contributed by atoms with Crippen LogP contribution in [0.5, 0.6) is 0 Å². The number of nitrogens with one attached hydrogen (secondary N) is 1. The first kappa shape index (κ1) is 13.0. The highest BCUT2D eigenvalue weighted by Gasteiger charge is 2.47. The predicted molar refractivity (Wildman–Crippen MR) is 59.9 cm³/mol. The fourth-order valence-corrected chi connectivity index (χ4v) is 1.73. The minimum atomic E-state index is -0.833. The fraction of sp³-hybridized carbons (Fsp3) is 0.818. The van der Waals surface area contributed by atoms with E-state index in [0.717, 1.165) is 0 Å². The number of urea groups is 1. The zero-order chi connectivity index (χ0) is 12.6. The number of amides is 3. The van der Waals surface area contributed by atoms with Crippen LogP contribution in [0.3, 0.4) is 0 Å². The number of hydrogen-bond donors (Lipinski definition) is 2. The van der Waals surface area contributed by atoms with E-state index < -0.39 is 11.1 Å². The van der Waals surface area contributed by atoms with E-state index in [1.807, 2.05) is 6.92 Å². The Morgan fingerprint density at radius 3 is 2.44 bits per heavy atom. The second-order valence-electron chi connectivity index (χ2n) is 5.10. The maximum atomic E-state index is 11.6. The van der Waals surface area contributed by atoms with Crippen LogP contribution < -0.4 is 5.32 Å². The van der Waals surface area contributed by atoms with Gasteiger partial charge in [-0.1, -0.05) is 6.92 Å². The summed E-state index contributed by atoms with van der Waals surface area (Å²) in [5, 5.41) is 11.9. The largest absolute Gasteiger partial charge is 0.390 e. The minimum absolute atomic E-state index is 0.254. The van der Waals surface area contributed by atoms with Gasteiger partial charge >= 0.3 is 6.03 Å². The molecule has 5 heteroatoms. The molecule has 5 nitrogen and oxygen atoms in total. The van der Waals surface area contributed by atoms with Crippen molar-refractivity contribution in [2.45, 2.75) is 51.7 Å². The summed E-state index contributed by atoms with van der Waals surface area (Å²) in [6.07, 6.45) is 1.01. The van der Waals surface area contributed by atoms with Crippen LogP contribution in [0, 0.1) is 0 Å². The van der Waals surface area contributed by atoms with E-state index in [0.29, 0.717) is 19.4 Å². The molecule has 3 amide bonds. The summed E-state index contributed by atoms with van der Waals surface area (Å²) < 4.78 is 0. The molecule has 0 radical (unpaired) electrons. The lowest BCUT2D eigenvalue weighted by Gasteiger charge is -2.32. The molecule has 16 heavy (non-hydrogen) atoms. The molecule has 0 spiro atoms. The standard InChI is InChI=1S/C11H20N2O3/c1-5-11(4)8(14)12-9(15)13(11)7-6-10(2,3)16/h16H,5-7H2,1-4H3,(H,12,14,15). The van der Waals surface area contributed by atoms with Gasteiger partial charge in [0.15, 0.2) is 0 Å². The molecule has 0 saturated carbocycles. The van der Waals surface area contributed by atoms with Gasteiger partial charge in [0, 0.05) is 6.54 Å². The molecule has 92 valence electrons. The van der Waals surface area contributed by atoms with Crippen molar-refractivity contribution < 1.29 is 14.7 Å². The number of imide groups is 1. The lowest BCUT2D eigenvalue weighted by Crippen LogP contribution is -2.48. The maximum Gasteiger partial charge on any atom is 0.325 e. The number of carbonyl (C=O) groups excluding carboxylic acids is 2. The summed E-state index contributed by atoms with van der Waals surface area (Å²) in [6.45, 7) is 7.37. The van der Waals surface area contributed by atoms with Gasteiger partial charge < -0.3 is 10.0 Å². The molecule has 1 rings (SSSR count). The highest BCUT2D eigenvalue weighted by atomic mass is 16.3. The Morgan fingerprint density at radius 1 is 1.44 bits per heavy atom. The Bertz CT molecular complexity index is 309. The second-order valence-corrected chi connectivity index (χ2v) is 5.10. The SMILES string of the molecule is CCC1(C)C(=O)NC(=O)N1CCC(C)(C)O. The third-order valence-corrected chi connectivity index (χ3v) is 3.19. The molecule has 0 bridgehead atoms. The quantitative estimate of drug-likeness (QED) is 0.701. The van der Waals surface area contributed by atoms with Gasteiger partial charge in [-0.25, -0.2) is 4.79 Å². The molecule has 0 aliphatic carbocycles. The molecule has 1 saturated heterocycles. The van der Waals surface area contributed by atoms with Crippen molar-refractivity contribution >= 4 is 11.9 Å². The zero-order valence-electron chi connectivity index (χ0n) is 10.3. The van der Waals surface area contributed by atoms with Crippen LogP contribution >= 0.6 is 0 Å². The highest BCUT2D eigenvalue weighted by molar-refractivity contribution is 6.06. The van der Waals surface area contributed by atoms with E-state index in [9.17, 15) is 14.7 Å². The third kappa shape index (κ3) is 2.35. The molecule has 0 aromatic rings. The number of rotatable bonds is 4. The number of nitrogens with zero attached hydrogens (tertiary/aromatic N) is 1. The topological polar surface area (TPSA) is 69.6 Å². The Morgan fingerprint density at radius 2 is 2.00 bits per heavy atom. The average Bonchev–Trinajstić information content (AvgIpc) is 2.35. The van der Waals surface area contributed by atoms with Crippen LogP contribution in [0.4, 0.5) is 4.79 Å². The van der Waals surface area contributed by atoms with Crippen LogP contribution in [-0.4, -0.2) is 39.6 Å². The van der Waals surface area contributed by atoms with Gasteiger partial charge in [0.05, 0.1) is 5.60 Å². The van der Waals surface area contributed by atoms with Gasteiger partial charge in [0.2, 0.25) is 0 Å². The van der Waals surface area contributed by atoms with Crippen LogP contribution in [0.15, 0.2) is 0 Å². The van der Waals surface area contributed by atoms with Crippen molar-refractivity contribution in [2.75, 3.05) is 6.54 Å². The van der Waals surface area contributed by atoms with Crippen LogP contribution in [-0.2, 0) is 4.79 Å². The Hall–Kier alpha value is -1.10. The highest BCUT2D eigenvalue weighted by Crippen LogP contribution is 2.26. The molecule has 1 aliphatic rings. The molecular formula is C11H20N2O3. The van der Waals surface area contributed by atoms with Crippen LogP contribution in [0.25, 0.3) is 0 Å². The summed E-state index contributed by atoms with van der Waals surface area (Å²) in [6, 6.07) is -0.362. The Balaban J connectivity index is 2.77.